The molecule has 1 aliphatic heterocycles. The van der Waals surface area contributed by atoms with E-state index in [2.05, 4.69) is 20.9 Å². The van der Waals surface area contributed by atoms with E-state index in [-0.39, 0.29) is 24.0 Å². The van der Waals surface area contributed by atoms with E-state index in [0.29, 0.717) is 49.3 Å². The monoisotopic (exact) mass is 573 g/mol. The summed E-state index contributed by atoms with van der Waals surface area (Å²) in [5.41, 5.74) is 1.71. The maximum Gasteiger partial charge on any atom is 0.363 e. The van der Waals surface area contributed by atoms with Crippen molar-refractivity contribution in [3.8, 4) is 11.5 Å². The molecule has 178 valence electrons. The lowest BCUT2D eigenvalue weighted by atomic mass is 10.1. The van der Waals surface area contributed by atoms with E-state index >= 15 is 0 Å². The molecule has 3 aromatic carbocycles. The molecule has 0 saturated heterocycles. The van der Waals surface area contributed by atoms with E-state index in [1.807, 2.05) is 13.0 Å². The van der Waals surface area contributed by atoms with Gasteiger partial charge < -0.3 is 14.2 Å². The Morgan fingerprint density at radius 2 is 1.86 bits per heavy atom. The topological polar surface area (TPSA) is 74.2 Å². The summed E-state index contributed by atoms with van der Waals surface area (Å²) < 4.78 is 17.4. The van der Waals surface area contributed by atoms with E-state index < -0.39 is 5.97 Å². The Morgan fingerprint density at radius 1 is 1.09 bits per heavy atom. The number of esters is 1. The Morgan fingerprint density at radius 3 is 2.57 bits per heavy atom. The Kier molecular flexibility index (Phi) is 7.90. The largest absolute Gasteiger partial charge is 0.490 e. The van der Waals surface area contributed by atoms with Gasteiger partial charge in [-0.25, -0.2) is 9.79 Å². The van der Waals surface area contributed by atoms with Crippen LogP contribution in [0, 0.1) is 0 Å². The zero-order valence-electron chi connectivity index (χ0n) is 18.4. The van der Waals surface area contributed by atoms with Crippen molar-refractivity contribution in [2.75, 3.05) is 13.2 Å². The molecule has 0 N–H and O–H groups in total. The number of aliphatic imine (C=N–C) groups is 1. The number of halogens is 3. The Balaban J connectivity index is 1.60. The number of benzene rings is 3. The van der Waals surface area contributed by atoms with Gasteiger partial charge in [-0.05, 0) is 64.8 Å². The first-order valence-corrected chi connectivity index (χ1v) is 12.1. The van der Waals surface area contributed by atoms with Gasteiger partial charge in [0.2, 0.25) is 5.90 Å². The highest BCUT2D eigenvalue weighted by molar-refractivity contribution is 9.10. The molecule has 0 saturated carbocycles. The molecule has 1 heterocycles. The second-order valence-electron chi connectivity index (χ2n) is 7.30. The van der Waals surface area contributed by atoms with Crippen LogP contribution in [-0.2, 0) is 9.53 Å². The predicted molar refractivity (Wildman–Crippen MR) is 139 cm³/mol. The van der Waals surface area contributed by atoms with Crippen LogP contribution in [0.4, 0.5) is 0 Å². The fourth-order valence-electron chi connectivity index (χ4n) is 3.26. The Labute approximate surface area is 220 Å². The summed E-state index contributed by atoms with van der Waals surface area (Å²) >= 11 is 15.6. The van der Waals surface area contributed by atoms with Crippen molar-refractivity contribution in [1.29, 1.82) is 0 Å². The van der Waals surface area contributed by atoms with Crippen molar-refractivity contribution in [2.45, 2.75) is 6.92 Å². The van der Waals surface area contributed by atoms with Gasteiger partial charge in [-0.2, -0.15) is 0 Å². The Bertz CT molecular complexity index is 1360. The molecule has 0 fully saturated rings. The molecule has 0 amide bonds. The number of ether oxygens (including phenoxy) is 3. The maximum absolute atomic E-state index is 12.4. The molecular weight excluding hydrogens is 557 g/mol. The highest BCUT2D eigenvalue weighted by atomic mass is 79.9. The number of rotatable bonds is 8. The summed E-state index contributed by atoms with van der Waals surface area (Å²) in [5.74, 6) is 0.0955. The van der Waals surface area contributed by atoms with E-state index in [1.54, 1.807) is 60.7 Å². The molecule has 9 heteroatoms. The number of carbonyl (C=O) groups excluding carboxylic acids is 2. The van der Waals surface area contributed by atoms with Crippen LogP contribution in [0.25, 0.3) is 6.08 Å². The van der Waals surface area contributed by atoms with Crippen molar-refractivity contribution in [1.82, 2.24) is 0 Å². The van der Waals surface area contributed by atoms with Crippen molar-refractivity contribution >= 4 is 62.9 Å². The van der Waals surface area contributed by atoms with Crippen LogP contribution in [0.5, 0.6) is 11.5 Å². The maximum atomic E-state index is 12.4. The molecule has 3 aromatic rings. The second kappa shape index (κ2) is 11.1. The van der Waals surface area contributed by atoms with Crippen LogP contribution >= 0.6 is 39.1 Å². The van der Waals surface area contributed by atoms with Crippen molar-refractivity contribution in [3.63, 3.8) is 0 Å². The van der Waals surface area contributed by atoms with Crippen molar-refractivity contribution in [3.05, 3.63) is 97.6 Å². The average Bonchev–Trinajstić information content (AvgIpc) is 3.18. The molecular formula is C26H18BrCl2NO5. The molecule has 35 heavy (non-hydrogen) atoms. The van der Waals surface area contributed by atoms with Gasteiger partial charge in [-0.15, -0.1) is 0 Å². The van der Waals surface area contributed by atoms with Gasteiger partial charge in [0.1, 0.15) is 0 Å². The first-order valence-electron chi connectivity index (χ1n) is 10.5. The normalized spacial score (nSPS) is 14.0. The van der Waals surface area contributed by atoms with Crippen LogP contribution in [0.3, 0.4) is 0 Å². The van der Waals surface area contributed by atoms with Gasteiger partial charge in [0.15, 0.2) is 29.6 Å². The number of hydrogen-bond donors (Lipinski definition) is 0. The third-order valence-electron chi connectivity index (χ3n) is 4.86. The molecule has 0 spiro atoms. The summed E-state index contributed by atoms with van der Waals surface area (Å²) in [6.45, 7) is 2.04. The average molecular weight is 575 g/mol. The zero-order chi connectivity index (χ0) is 24.9. The quantitative estimate of drug-likeness (QED) is 0.169. The number of nitrogens with zero attached hydrogens (tertiary/aromatic N) is 1. The van der Waals surface area contributed by atoms with E-state index in [9.17, 15) is 9.59 Å². The SMILES string of the molecule is CCOc1cc(/C=C2\N=C(c3ccc(Cl)cc3Cl)OC2=O)cc(Br)c1OCC(=O)c1ccccc1. The minimum absolute atomic E-state index is 0.0893. The molecule has 4 rings (SSSR count). The third-order valence-corrected chi connectivity index (χ3v) is 6.00. The summed E-state index contributed by atoms with van der Waals surface area (Å²) in [4.78, 5) is 29.2. The second-order valence-corrected chi connectivity index (χ2v) is 9.00. The zero-order valence-corrected chi connectivity index (χ0v) is 21.5. The lowest BCUT2D eigenvalue weighted by molar-refractivity contribution is -0.129. The molecule has 1 aliphatic rings. The fourth-order valence-corrected chi connectivity index (χ4v) is 4.33. The number of cyclic esters (lactones) is 1. The fraction of sp³-hybridized carbons (Fsp3) is 0.115. The minimum atomic E-state index is -0.617. The molecule has 0 aromatic heterocycles. The summed E-state index contributed by atoms with van der Waals surface area (Å²) in [7, 11) is 0. The number of ketones is 1. The highest BCUT2D eigenvalue weighted by Gasteiger charge is 2.26. The van der Waals surface area contributed by atoms with E-state index in [1.165, 1.54) is 0 Å². The molecule has 6 nitrogen and oxygen atoms in total. The third kappa shape index (κ3) is 5.93. The van der Waals surface area contributed by atoms with Crippen LogP contribution in [0.15, 0.2) is 75.8 Å². The van der Waals surface area contributed by atoms with E-state index in [0.717, 1.165) is 0 Å². The van der Waals surface area contributed by atoms with Crippen LogP contribution < -0.4 is 9.47 Å². The van der Waals surface area contributed by atoms with E-state index in [4.69, 9.17) is 37.4 Å². The molecule has 0 radical (unpaired) electrons. The molecule has 0 aliphatic carbocycles. The van der Waals surface area contributed by atoms with Crippen LogP contribution in [-0.4, -0.2) is 30.9 Å². The van der Waals surface area contributed by atoms with Crippen LogP contribution in [0.2, 0.25) is 10.0 Å². The smallest absolute Gasteiger partial charge is 0.363 e. The van der Waals surface area contributed by atoms with Crippen LogP contribution in [0.1, 0.15) is 28.4 Å². The Hall–Kier alpha value is -3.13. The van der Waals surface area contributed by atoms with Gasteiger partial charge in [-0.3, -0.25) is 4.79 Å². The standard InChI is InChI=1S/C26H18BrCl2NO5/c1-2-33-23-12-15(10-19(27)24(23)34-14-22(31)16-6-4-3-5-7-16)11-21-26(32)35-25(30-21)18-9-8-17(28)13-20(18)29/h3-13H,2,14H2,1H3/b21-11-. The lowest BCUT2D eigenvalue weighted by Crippen LogP contribution is -2.12. The highest BCUT2D eigenvalue weighted by Crippen LogP contribution is 2.38. The number of Topliss-reactive ketones (excluding diaryl/α,β-unsaturated/α-hetero) is 1. The van der Waals surface area contributed by atoms with Crippen molar-refractivity contribution in [2.24, 2.45) is 4.99 Å². The summed E-state index contributed by atoms with van der Waals surface area (Å²) in [6, 6.07) is 17.1. The number of carbonyl (C=O) groups is 2. The molecule has 0 unspecified atom stereocenters. The molecule has 0 bridgehead atoms. The van der Waals surface area contributed by atoms with Gasteiger partial charge in [0.25, 0.3) is 0 Å². The van der Waals surface area contributed by atoms with Gasteiger partial charge >= 0.3 is 5.97 Å². The minimum Gasteiger partial charge on any atom is -0.490 e. The van der Waals surface area contributed by atoms with Gasteiger partial charge in [0, 0.05) is 10.6 Å². The lowest BCUT2D eigenvalue weighted by Gasteiger charge is -2.14. The van der Waals surface area contributed by atoms with Gasteiger partial charge in [0.05, 0.1) is 21.7 Å². The first kappa shape index (κ1) is 25.0. The summed E-state index contributed by atoms with van der Waals surface area (Å²) in [5, 5.41) is 0.777. The molecule has 0 atom stereocenters. The van der Waals surface area contributed by atoms with Crippen molar-refractivity contribution < 1.29 is 23.8 Å². The summed E-state index contributed by atoms with van der Waals surface area (Å²) in [6.07, 6.45) is 1.56. The first-order chi connectivity index (χ1) is 16.9. The van der Waals surface area contributed by atoms with Gasteiger partial charge in [-0.1, -0.05) is 53.5 Å². The predicted octanol–water partition coefficient (Wildman–Crippen LogP) is 6.76. The number of hydrogen-bond acceptors (Lipinski definition) is 6.